The van der Waals surface area contributed by atoms with Gasteiger partial charge in [0.2, 0.25) is 0 Å². The molecule has 1 aromatic heterocycles. The molecule has 0 bridgehead atoms. The van der Waals surface area contributed by atoms with Crippen LogP contribution in [-0.4, -0.2) is 20.1 Å². The lowest BCUT2D eigenvalue weighted by Gasteiger charge is -2.52. The van der Waals surface area contributed by atoms with Crippen LogP contribution < -0.4 is 11.1 Å². The Labute approximate surface area is 164 Å². The van der Waals surface area contributed by atoms with E-state index in [1.165, 1.54) is 11.6 Å². The molecule has 2 aromatic rings. The zero-order chi connectivity index (χ0) is 20.5. The number of hydrogen-bond donors (Lipinski definition) is 1. The van der Waals surface area contributed by atoms with Crippen molar-refractivity contribution in [1.82, 2.24) is 9.36 Å². The predicted molar refractivity (Wildman–Crippen MR) is 110 cm³/mol. The summed E-state index contributed by atoms with van der Waals surface area (Å²) >= 11 is 0. The highest BCUT2D eigenvalue weighted by Gasteiger charge is 2.50. The Morgan fingerprint density at radius 1 is 1.14 bits per heavy atom. The number of nitrogens with zero attached hydrogens (tertiary/aromatic N) is 2. The molecule has 2 aliphatic rings. The number of benzene rings is 1. The molecule has 0 radical (unpaired) electrons. The third kappa shape index (κ3) is 2.31. The van der Waals surface area contributed by atoms with Crippen LogP contribution in [0.15, 0.2) is 45.5 Å². The summed E-state index contributed by atoms with van der Waals surface area (Å²) in [5, 5.41) is 11.7. The van der Waals surface area contributed by atoms with Gasteiger partial charge in [0, 0.05) is 0 Å². The second-order valence-electron chi connectivity index (χ2n) is 9.14. The van der Waals surface area contributed by atoms with Gasteiger partial charge in [-0.1, -0.05) is 38.0 Å². The second kappa shape index (κ2) is 5.71. The first-order valence-corrected chi connectivity index (χ1v) is 9.74. The van der Waals surface area contributed by atoms with E-state index < -0.39 is 17.2 Å². The summed E-state index contributed by atoms with van der Waals surface area (Å²) in [6.07, 6.45) is 10.3. The smallest absolute Gasteiger partial charge is 0.274 e. The fourth-order valence-corrected chi connectivity index (χ4v) is 5.21. The van der Waals surface area contributed by atoms with Crippen LogP contribution in [0.2, 0.25) is 0 Å². The van der Waals surface area contributed by atoms with Crippen molar-refractivity contribution in [3.63, 3.8) is 0 Å². The molecule has 0 spiro atoms. The molecule has 1 aliphatic heterocycles. The van der Waals surface area contributed by atoms with Crippen molar-refractivity contribution >= 4 is 10.8 Å². The van der Waals surface area contributed by atoms with E-state index in [0.717, 1.165) is 24.8 Å². The van der Waals surface area contributed by atoms with E-state index in [0.29, 0.717) is 10.8 Å². The van der Waals surface area contributed by atoms with Gasteiger partial charge in [0.1, 0.15) is 11.6 Å². The lowest BCUT2D eigenvalue weighted by Crippen LogP contribution is -2.59. The van der Waals surface area contributed by atoms with Crippen molar-refractivity contribution in [3.05, 3.63) is 56.6 Å². The molecule has 2 heterocycles. The predicted octanol–water partition coefficient (Wildman–Crippen LogP) is 2.95. The number of fused-ring (bicyclic) bond motifs is 4. The molecule has 3 atom stereocenters. The molecule has 0 saturated heterocycles. The maximum absolute atomic E-state index is 13.6. The molecule has 4 rings (SSSR count). The Kier molecular flexibility index (Phi) is 3.83. The Hall–Kier alpha value is -2.58. The molecule has 1 aromatic carbocycles. The van der Waals surface area contributed by atoms with Gasteiger partial charge in [-0.15, -0.1) is 6.42 Å². The summed E-state index contributed by atoms with van der Waals surface area (Å²) in [6.45, 7) is 7.84. The maximum Gasteiger partial charge on any atom is 0.274 e. The summed E-state index contributed by atoms with van der Waals surface area (Å²) in [4.78, 5) is 27.1. The van der Waals surface area contributed by atoms with Gasteiger partial charge in [-0.3, -0.25) is 9.59 Å². The SMILES string of the molecule is C#C[C@@](C)(O)[C@H]1C=C2C(C)(C)CCC[C@]2(C)n2c(=O)c3ccccc3c(=O)n21. The van der Waals surface area contributed by atoms with E-state index in [-0.39, 0.29) is 16.5 Å². The van der Waals surface area contributed by atoms with Crippen molar-refractivity contribution in [2.75, 3.05) is 0 Å². The maximum atomic E-state index is 13.6. The van der Waals surface area contributed by atoms with E-state index in [9.17, 15) is 14.7 Å². The Morgan fingerprint density at radius 3 is 2.36 bits per heavy atom. The quantitative estimate of drug-likeness (QED) is 0.613. The first kappa shape index (κ1) is 18.8. The first-order chi connectivity index (χ1) is 13.0. The van der Waals surface area contributed by atoms with E-state index >= 15 is 0 Å². The molecule has 1 aliphatic carbocycles. The highest BCUT2D eigenvalue weighted by atomic mass is 16.3. The minimum atomic E-state index is -1.61. The van der Waals surface area contributed by atoms with E-state index in [1.807, 2.05) is 13.0 Å². The number of allylic oxidation sites excluding steroid dienone is 1. The number of rotatable bonds is 1. The zero-order valence-electron chi connectivity index (χ0n) is 16.8. The van der Waals surface area contributed by atoms with Crippen LogP contribution in [0, 0.1) is 17.8 Å². The number of terminal acetylenes is 1. The normalized spacial score (nSPS) is 27.9. The monoisotopic (exact) mass is 378 g/mol. The van der Waals surface area contributed by atoms with Gasteiger partial charge in [-0.25, -0.2) is 9.36 Å². The Balaban J connectivity index is 2.22. The van der Waals surface area contributed by atoms with Crippen LogP contribution in [0.3, 0.4) is 0 Å². The topological polar surface area (TPSA) is 64.2 Å². The second-order valence-corrected chi connectivity index (χ2v) is 9.14. The minimum absolute atomic E-state index is 0.164. The van der Waals surface area contributed by atoms with E-state index in [1.54, 1.807) is 28.9 Å². The van der Waals surface area contributed by atoms with Gasteiger partial charge < -0.3 is 5.11 Å². The summed E-state index contributed by atoms with van der Waals surface area (Å²) in [5.74, 6) is 2.42. The fraction of sp³-hybridized carbons (Fsp3) is 0.478. The standard InChI is InChI=1S/C23H26N2O3/c1-6-23(5,28)18-14-17-21(2,3)12-9-13-22(17,4)25-20(27)16-11-8-7-10-15(16)19(26)24(18)25/h1,7-8,10-11,14,18,28H,9,12-13H2,2-5H3/t18-,22+,23-/m1/s1. The summed E-state index contributed by atoms with van der Waals surface area (Å²) in [6, 6.07) is 6.04. The minimum Gasteiger partial charge on any atom is -0.375 e. The van der Waals surface area contributed by atoms with Gasteiger partial charge in [-0.05, 0) is 56.2 Å². The highest BCUT2D eigenvalue weighted by molar-refractivity contribution is 5.80. The Bertz CT molecular complexity index is 1170. The van der Waals surface area contributed by atoms with Crippen LogP contribution in [-0.2, 0) is 5.54 Å². The third-order valence-electron chi connectivity index (χ3n) is 6.70. The first-order valence-electron chi connectivity index (χ1n) is 9.74. The van der Waals surface area contributed by atoms with Crippen LogP contribution in [0.5, 0.6) is 0 Å². The van der Waals surface area contributed by atoms with Gasteiger partial charge in [0.05, 0.1) is 16.3 Å². The van der Waals surface area contributed by atoms with E-state index in [2.05, 4.69) is 19.8 Å². The number of aliphatic hydroxyl groups is 1. The third-order valence-corrected chi connectivity index (χ3v) is 6.70. The molecule has 1 N–H and O–H groups in total. The van der Waals surface area contributed by atoms with Crippen molar-refractivity contribution in [3.8, 4) is 12.3 Å². The average Bonchev–Trinajstić information content (AvgIpc) is 2.64. The molecule has 146 valence electrons. The van der Waals surface area contributed by atoms with Gasteiger partial charge in [0.15, 0.2) is 0 Å². The lowest BCUT2D eigenvalue weighted by atomic mass is 9.63. The molecule has 5 heteroatoms. The molecular weight excluding hydrogens is 352 g/mol. The summed E-state index contributed by atoms with van der Waals surface area (Å²) in [7, 11) is 0. The van der Waals surface area contributed by atoms with Gasteiger partial charge >= 0.3 is 0 Å². The van der Waals surface area contributed by atoms with Crippen molar-refractivity contribution < 1.29 is 5.11 Å². The van der Waals surface area contributed by atoms with Gasteiger partial charge in [0.25, 0.3) is 11.1 Å². The fourth-order valence-electron chi connectivity index (χ4n) is 5.21. The molecular formula is C23H26N2O3. The van der Waals surface area contributed by atoms with Crippen LogP contribution >= 0.6 is 0 Å². The van der Waals surface area contributed by atoms with E-state index in [4.69, 9.17) is 6.42 Å². The molecule has 28 heavy (non-hydrogen) atoms. The molecule has 1 saturated carbocycles. The lowest BCUT2D eigenvalue weighted by molar-refractivity contribution is 0.0392. The molecule has 1 fully saturated rings. The Morgan fingerprint density at radius 2 is 1.75 bits per heavy atom. The summed E-state index contributed by atoms with van der Waals surface area (Å²) < 4.78 is 2.97. The largest absolute Gasteiger partial charge is 0.375 e. The number of aromatic nitrogens is 2. The highest BCUT2D eigenvalue weighted by Crippen LogP contribution is 2.52. The average molecular weight is 378 g/mol. The van der Waals surface area contributed by atoms with Gasteiger partial charge in [-0.2, -0.15) is 0 Å². The molecule has 0 unspecified atom stereocenters. The number of hydrogen-bond acceptors (Lipinski definition) is 3. The summed E-state index contributed by atoms with van der Waals surface area (Å²) in [5.41, 5.74) is -1.88. The van der Waals surface area contributed by atoms with Crippen LogP contribution in [0.4, 0.5) is 0 Å². The van der Waals surface area contributed by atoms with Crippen molar-refractivity contribution in [1.29, 1.82) is 0 Å². The molecule has 5 nitrogen and oxygen atoms in total. The zero-order valence-corrected chi connectivity index (χ0v) is 16.8. The van der Waals surface area contributed by atoms with Crippen molar-refractivity contribution in [2.24, 2.45) is 5.41 Å². The van der Waals surface area contributed by atoms with Crippen LogP contribution in [0.1, 0.15) is 53.0 Å². The molecule has 0 amide bonds. The van der Waals surface area contributed by atoms with Crippen molar-refractivity contribution in [2.45, 2.75) is 64.1 Å². The van der Waals surface area contributed by atoms with Crippen LogP contribution in [0.25, 0.3) is 10.8 Å².